The summed E-state index contributed by atoms with van der Waals surface area (Å²) in [5, 5.41) is 5.01. The van der Waals surface area contributed by atoms with Crippen LogP contribution in [0.1, 0.15) is 6.92 Å². The number of carbonyl (C=O) groups excluding carboxylic acids is 2. The van der Waals surface area contributed by atoms with Gasteiger partial charge >= 0.3 is 0 Å². The summed E-state index contributed by atoms with van der Waals surface area (Å²) < 4.78 is 0. The van der Waals surface area contributed by atoms with Gasteiger partial charge in [0.25, 0.3) is 5.91 Å². The Morgan fingerprint density at radius 3 is 2.67 bits per heavy atom. The second kappa shape index (κ2) is 3.23. The van der Waals surface area contributed by atoms with Gasteiger partial charge in [0.2, 0.25) is 0 Å². The zero-order chi connectivity index (χ0) is 9.30. The van der Waals surface area contributed by atoms with Gasteiger partial charge in [-0.2, -0.15) is 5.10 Å². The number of carbonyl (C=O) groups is 2. The maximum absolute atomic E-state index is 11.2. The number of alkyl halides is 1. The minimum atomic E-state index is -0.743. The number of Topliss-reactive ketones (excluding diaryl/α,β-unsaturated/α-hetero) is 1. The van der Waals surface area contributed by atoms with Crippen LogP contribution in [0.2, 0.25) is 0 Å². The summed E-state index contributed by atoms with van der Waals surface area (Å²) in [5.74, 6) is -1.46. The van der Waals surface area contributed by atoms with E-state index >= 15 is 0 Å². The lowest BCUT2D eigenvalue weighted by molar-refractivity contribution is -0.135. The lowest BCUT2D eigenvalue weighted by Gasteiger charge is -2.06. The van der Waals surface area contributed by atoms with E-state index in [-0.39, 0.29) is 17.6 Å². The van der Waals surface area contributed by atoms with Gasteiger partial charge < -0.3 is 0 Å². The lowest BCUT2D eigenvalue weighted by Crippen LogP contribution is -2.31. The average Bonchev–Trinajstić information content (AvgIpc) is 2.26. The Kier molecular flexibility index (Phi) is 2.47. The summed E-state index contributed by atoms with van der Waals surface area (Å²) in [6.45, 7) is 1.65. The monoisotopic (exact) mass is 188 g/mol. The van der Waals surface area contributed by atoms with E-state index in [2.05, 4.69) is 5.10 Å². The maximum Gasteiger partial charge on any atom is 0.258 e. The van der Waals surface area contributed by atoms with Crippen LogP contribution in [0.25, 0.3) is 0 Å². The summed E-state index contributed by atoms with van der Waals surface area (Å²) in [6, 6.07) is 0. The largest absolute Gasteiger partial charge is 0.297 e. The van der Waals surface area contributed by atoms with E-state index in [0.29, 0.717) is 5.71 Å². The standard InChI is InChI=1S/C7H9ClN2O2/c1-4-6(5(11)3-8)7(12)10(2)9-4/h6H,3H2,1-2H3. The van der Waals surface area contributed by atoms with Crippen LogP contribution >= 0.6 is 11.6 Å². The van der Waals surface area contributed by atoms with Crippen molar-refractivity contribution in [1.82, 2.24) is 5.01 Å². The minimum absolute atomic E-state index is 0.142. The van der Waals surface area contributed by atoms with E-state index in [1.807, 2.05) is 0 Å². The van der Waals surface area contributed by atoms with Gasteiger partial charge in [-0.05, 0) is 6.92 Å². The molecule has 1 unspecified atom stereocenters. The van der Waals surface area contributed by atoms with Gasteiger partial charge in [0.15, 0.2) is 5.78 Å². The highest BCUT2D eigenvalue weighted by molar-refractivity contribution is 6.34. The van der Waals surface area contributed by atoms with Crippen molar-refractivity contribution in [2.45, 2.75) is 6.92 Å². The first-order chi connectivity index (χ1) is 5.57. The number of amides is 1. The quantitative estimate of drug-likeness (QED) is 0.461. The molecule has 1 rings (SSSR count). The van der Waals surface area contributed by atoms with Crippen molar-refractivity contribution in [3.05, 3.63) is 0 Å². The van der Waals surface area contributed by atoms with Crippen molar-refractivity contribution >= 4 is 29.0 Å². The summed E-state index contributed by atoms with van der Waals surface area (Å²) in [7, 11) is 1.52. The van der Waals surface area contributed by atoms with Crippen LogP contribution in [-0.4, -0.2) is 35.3 Å². The molecule has 66 valence electrons. The Labute approximate surface area is 75.2 Å². The van der Waals surface area contributed by atoms with Crippen LogP contribution in [0.3, 0.4) is 0 Å². The maximum atomic E-state index is 11.2. The number of ketones is 1. The van der Waals surface area contributed by atoms with E-state index in [4.69, 9.17) is 11.6 Å². The molecule has 0 saturated carbocycles. The van der Waals surface area contributed by atoms with E-state index in [9.17, 15) is 9.59 Å². The molecule has 0 bridgehead atoms. The highest BCUT2D eigenvalue weighted by Gasteiger charge is 2.36. The van der Waals surface area contributed by atoms with Crippen molar-refractivity contribution in [2.75, 3.05) is 12.9 Å². The zero-order valence-electron chi connectivity index (χ0n) is 6.87. The Morgan fingerprint density at radius 2 is 2.33 bits per heavy atom. The van der Waals surface area contributed by atoms with Crippen LogP contribution in [-0.2, 0) is 9.59 Å². The van der Waals surface area contributed by atoms with Gasteiger partial charge in [-0.3, -0.25) is 9.59 Å². The number of halogens is 1. The molecule has 1 atom stereocenters. The van der Waals surface area contributed by atoms with Crippen molar-refractivity contribution in [1.29, 1.82) is 0 Å². The first-order valence-electron chi connectivity index (χ1n) is 3.49. The molecular weight excluding hydrogens is 180 g/mol. The van der Waals surface area contributed by atoms with E-state index in [1.54, 1.807) is 6.92 Å². The summed E-state index contributed by atoms with van der Waals surface area (Å²) in [6.07, 6.45) is 0. The third-order valence-corrected chi connectivity index (χ3v) is 2.01. The Balaban J connectivity index is 2.86. The predicted molar refractivity (Wildman–Crippen MR) is 45.1 cm³/mol. The number of rotatable bonds is 2. The molecule has 0 spiro atoms. The molecule has 0 N–H and O–H groups in total. The molecule has 0 aromatic heterocycles. The van der Waals surface area contributed by atoms with Gasteiger partial charge in [-0.1, -0.05) is 0 Å². The normalized spacial score (nSPS) is 22.9. The molecule has 1 aliphatic rings. The molecule has 5 heteroatoms. The van der Waals surface area contributed by atoms with Crippen molar-refractivity contribution in [2.24, 2.45) is 11.0 Å². The van der Waals surface area contributed by atoms with Crippen molar-refractivity contribution in [3.63, 3.8) is 0 Å². The molecule has 1 heterocycles. The average molecular weight is 189 g/mol. The fourth-order valence-corrected chi connectivity index (χ4v) is 1.31. The summed E-state index contributed by atoms with van der Waals surface area (Å²) in [4.78, 5) is 22.4. The number of hydrogen-bond donors (Lipinski definition) is 0. The topological polar surface area (TPSA) is 49.7 Å². The minimum Gasteiger partial charge on any atom is -0.297 e. The van der Waals surface area contributed by atoms with Gasteiger partial charge in [0.1, 0.15) is 5.92 Å². The lowest BCUT2D eigenvalue weighted by atomic mass is 10.0. The summed E-state index contributed by atoms with van der Waals surface area (Å²) >= 11 is 5.34. The molecule has 0 fully saturated rings. The molecule has 12 heavy (non-hydrogen) atoms. The fourth-order valence-electron chi connectivity index (χ4n) is 1.16. The predicted octanol–water partition coefficient (Wildman–Crippen LogP) is 0.258. The van der Waals surface area contributed by atoms with Crippen LogP contribution in [0.5, 0.6) is 0 Å². The van der Waals surface area contributed by atoms with Crippen molar-refractivity contribution in [3.8, 4) is 0 Å². The Bertz CT molecular complexity index is 262. The van der Waals surface area contributed by atoms with E-state index in [1.165, 1.54) is 12.1 Å². The Morgan fingerprint density at radius 1 is 1.75 bits per heavy atom. The second-order valence-electron chi connectivity index (χ2n) is 2.64. The van der Waals surface area contributed by atoms with E-state index < -0.39 is 5.92 Å². The highest BCUT2D eigenvalue weighted by atomic mass is 35.5. The third-order valence-electron chi connectivity index (χ3n) is 1.75. The number of hydrazone groups is 1. The smallest absolute Gasteiger partial charge is 0.258 e. The molecule has 1 amide bonds. The van der Waals surface area contributed by atoms with E-state index in [0.717, 1.165) is 0 Å². The second-order valence-corrected chi connectivity index (χ2v) is 2.90. The van der Waals surface area contributed by atoms with Crippen LogP contribution in [0, 0.1) is 5.92 Å². The number of nitrogens with zero attached hydrogens (tertiary/aromatic N) is 2. The molecule has 0 aliphatic carbocycles. The van der Waals surface area contributed by atoms with Gasteiger partial charge in [-0.25, -0.2) is 5.01 Å². The molecule has 0 aromatic rings. The van der Waals surface area contributed by atoms with Crippen LogP contribution < -0.4 is 0 Å². The molecule has 0 saturated heterocycles. The van der Waals surface area contributed by atoms with Gasteiger partial charge in [0, 0.05) is 7.05 Å². The SMILES string of the molecule is CC1=NN(C)C(=O)C1C(=O)CCl. The third kappa shape index (κ3) is 1.34. The van der Waals surface area contributed by atoms with Gasteiger partial charge in [0.05, 0.1) is 11.6 Å². The molecule has 1 aliphatic heterocycles. The molecule has 0 aromatic carbocycles. The zero-order valence-corrected chi connectivity index (χ0v) is 7.63. The first kappa shape index (κ1) is 9.19. The Hall–Kier alpha value is -0.900. The summed E-state index contributed by atoms with van der Waals surface area (Å²) in [5.41, 5.74) is 0.521. The fraction of sp³-hybridized carbons (Fsp3) is 0.571. The molecule has 4 nitrogen and oxygen atoms in total. The molecular formula is C7H9ClN2O2. The number of hydrogen-bond acceptors (Lipinski definition) is 3. The van der Waals surface area contributed by atoms with Crippen molar-refractivity contribution < 1.29 is 9.59 Å². The van der Waals surface area contributed by atoms with Gasteiger partial charge in [-0.15, -0.1) is 11.6 Å². The van der Waals surface area contributed by atoms with Crippen LogP contribution in [0.4, 0.5) is 0 Å². The molecule has 0 radical (unpaired) electrons. The highest BCUT2D eigenvalue weighted by Crippen LogP contribution is 2.15. The van der Waals surface area contributed by atoms with Crippen LogP contribution in [0.15, 0.2) is 5.10 Å². The first-order valence-corrected chi connectivity index (χ1v) is 4.02.